The second-order valence-electron chi connectivity index (χ2n) is 6.05. The lowest BCUT2D eigenvalue weighted by atomic mass is 10.1. The van der Waals surface area contributed by atoms with Crippen LogP contribution in [-0.4, -0.2) is 66.3 Å². The number of hydrogen-bond acceptors (Lipinski definition) is 5. The van der Waals surface area contributed by atoms with Crippen molar-refractivity contribution in [3.8, 4) is 0 Å². The lowest BCUT2D eigenvalue weighted by Crippen LogP contribution is -2.53. The van der Waals surface area contributed by atoms with Crippen LogP contribution in [0.25, 0.3) is 0 Å². The average molecular weight is 351 g/mol. The van der Waals surface area contributed by atoms with Crippen molar-refractivity contribution < 1.29 is 14.4 Å². The number of nitrogens with two attached hydrogens (primary N) is 1. The van der Waals surface area contributed by atoms with Crippen molar-refractivity contribution in [3.05, 3.63) is 29.3 Å². The van der Waals surface area contributed by atoms with Crippen molar-refractivity contribution in [2.45, 2.75) is 12.5 Å². The number of amides is 3. The summed E-state index contributed by atoms with van der Waals surface area (Å²) in [5.74, 6) is -0.792. The lowest BCUT2D eigenvalue weighted by molar-refractivity contribution is -0.124. The maximum absolute atomic E-state index is 12.7. The van der Waals surface area contributed by atoms with Crippen LogP contribution >= 0.6 is 11.6 Å². The number of imide groups is 1. The Balaban J connectivity index is 1.68. The summed E-state index contributed by atoms with van der Waals surface area (Å²) in [5, 5.41) is 0.483. The second kappa shape index (κ2) is 6.88. The summed E-state index contributed by atoms with van der Waals surface area (Å²) in [4.78, 5) is 41.2. The molecule has 0 aromatic heterocycles. The number of primary amides is 1. The van der Waals surface area contributed by atoms with E-state index < -0.39 is 6.04 Å². The zero-order chi connectivity index (χ0) is 17.3. The van der Waals surface area contributed by atoms with E-state index in [1.54, 1.807) is 24.3 Å². The number of anilines is 1. The molecule has 2 heterocycles. The molecule has 0 unspecified atom stereocenters. The van der Waals surface area contributed by atoms with E-state index in [9.17, 15) is 14.4 Å². The van der Waals surface area contributed by atoms with Gasteiger partial charge in [0.05, 0.1) is 24.7 Å². The summed E-state index contributed by atoms with van der Waals surface area (Å²) in [6, 6.07) is 6.28. The van der Waals surface area contributed by atoms with Crippen molar-refractivity contribution >= 4 is 35.0 Å². The second-order valence-corrected chi connectivity index (χ2v) is 6.48. The lowest BCUT2D eigenvalue weighted by Gasteiger charge is -2.36. The number of benzene rings is 1. The fourth-order valence-electron chi connectivity index (χ4n) is 3.24. The largest absolute Gasteiger partial charge is 0.369 e. The highest BCUT2D eigenvalue weighted by Crippen LogP contribution is 2.28. The first-order valence-corrected chi connectivity index (χ1v) is 8.20. The van der Waals surface area contributed by atoms with E-state index in [0.717, 1.165) is 0 Å². The molecule has 2 saturated heterocycles. The molecular weight excluding hydrogens is 332 g/mol. The van der Waals surface area contributed by atoms with E-state index >= 15 is 0 Å². The third-order valence-electron chi connectivity index (χ3n) is 4.42. The molecule has 8 heteroatoms. The van der Waals surface area contributed by atoms with Crippen LogP contribution in [0.1, 0.15) is 6.42 Å². The topological polar surface area (TPSA) is 87.0 Å². The van der Waals surface area contributed by atoms with Gasteiger partial charge in [-0.15, -0.1) is 0 Å². The predicted octanol–water partition coefficient (Wildman–Crippen LogP) is 0.0748. The van der Waals surface area contributed by atoms with E-state index in [-0.39, 0.29) is 30.7 Å². The monoisotopic (exact) mass is 350 g/mol. The zero-order valence-electron chi connectivity index (χ0n) is 13.2. The summed E-state index contributed by atoms with van der Waals surface area (Å²) < 4.78 is 0. The van der Waals surface area contributed by atoms with Gasteiger partial charge in [-0.05, 0) is 18.2 Å². The number of hydrogen-bond donors (Lipinski definition) is 1. The minimum atomic E-state index is -0.452. The number of nitrogens with zero attached hydrogens (tertiary/aromatic N) is 3. The number of piperazine rings is 1. The molecule has 2 aliphatic heterocycles. The third kappa shape index (κ3) is 3.43. The van der Waals surface area contributed by atoms with Gasteiger partial charge in [-0.25, -0.2) is 4.90 Å². The van der Waals surface area contributed by atoms with Crippen LogP contribution < -0.4 is 10.6 Å². The highest BCUT2D eigenvalue weighted by molar-refractivity contribution is 6.31. The van der Waals surface area contributed by atoms with Gasteiger partial charge in [0.25, 0.3) is 5.91 Å². The van der Waals surface area contributed by atoms with Crippen molar-refractivity contribution in [3.63, 3.8) is 0 Å². The SMILES string of the molecule is NC(=O)CN1CCN([C@H]2CC(=O)N(c3cccc(Cl)c3)C2=O)CC1. The minimum Gasteiger partial charge on any atom is -0.369 e. The van der Waals surface area contributed by atoms with Crippen LogP contribution in [0.5, 0.6) is 0 Å². The number of halogens is 1. The summed E-state index contributed by atoms with van der Waals surface area (Å²) >= 11 is 5.96. The van der Waals surface area contributed by atoms with Gasteiger partial charge in [0, 0.05) is 31.2 Å². The maximum atomic E-state index is 12.7. The molecule has 3 amide bonds. The number of rotatable bonds is 4. The fraction of sp³-hybridized carbons (Fsp3) is 0.438. The van der Waals surface area contributed by atoms with Crippen LogP contribution in [-0.2, 0) is 14.4 Å². The average Bonchev–Trinajstić information content (AvgIpc) is 2.82. The van der Waals surface area contributed by atoms with Gasteiger partial charge in [0.2, 0.25) is 11.8 Å². The Morgan fingerprint density at radius 3 is 2.54 bits per heavy atom. The first-order chi connectivity index (χ1) is 11.5. The van der Waals surface area contributed by atoms with Crippen molar-refractivity contribution in [2.24, 2.45) is 5.73 Å². The summed E-state index contributed by atoms with van der Waals surface area (Å²) in [7, 11) is 0. The van der Waals surface area contributed by atoms with Crippen molar-refractivity contribution in [1.29, 1.82) is 0 Å². The fourth-order valence-corrected chi connectivity index (χ4v) is 3.43. The Kier molecular flexibility index (Phi) is 4.84. The minimum absolute atomic E-state index is 0.168. The van der Waals surface area contributed by atoms with Crippen LogP contribution in [0, 0.1) is 0 Å². The Bertz CT molecular complexity index is 673. The van der Waals surface area contributed by atoms with E-state index in [4.69, 9.17) is 17.3 Å². The normalized spacial score (nSPS) is 23.0. The smallest absolute Gasteiger partial charge is 0.251 e. The summed E-state index contributed by atoms with van der Waals surface area (Å²) in [6.45, 7) is 2.77. The molecule has 3 rings (SSSR count). The molecule has 0 aliphatic carbocycles. The highest BCUT2D eigenvalue weighted by Gasteiger charge is 2.43. The van der Waals surface area contributed by atoms with Gasteiger partial charge >= 0.3 is 0 Å². The molecule has 0 spiro atoms. The molecule has 1 atom stereocenters. The van der Waals surface area contributed by atoms with Gasteiger partial charge in [0.1, 0.15) is 0 Å². The predicted molar refractivity (Wildman–Crippen MR) is 89.6 cm³/mol. The van der Waals surface area contributed by atoms with Crippen LogP contribution in [0.4, 0.5) is 5.69 Å². The first kappa shape index (κ1) is 16.9. The highest BCUT2D eigenvalue weighted by atomic mass is 35.5. The third-order valence-corrected chi connectivity index (χ3v) is 4.65. The molecule has 0 bridgehead atoms. The molecular formula is C16H19ClN4O3. The Labute approximate surface area is 144 Å². The van der Waals surface area contributed by atoms with Crippen LogP contribution in [0.15, 0.2) is 24.3 Å². The van der Waals surface area contributed by atoms with Gasteiger partial charge in [-0.2, -0.15) is 0 Å². The standard InChI is InChI=1S/C16H19ClN4O3/c17-11-2-1-3-12(8-11)21-15(23)9-13(16(21)24)20-6-4-19(5-7-20)10-14(18)22/h1-3,8,13H,4-7,9-10H2,(H2,18,22)/t13-/m0/s1. The Morgan fingerprint density at radius 2 is 1.92 bits per heavy atom. The maximum Gasteiger partial charge on any atom is 0.251 e. The van der Waals surface area contributed by atoms with Crippen LogP contribution in [0.3, 0.4) is 0 Å². The van der Waals surface area contributed by atoms with E-state index in [0.29, 0.717) is 36.9 Å². The quantitative estimate of drug-likeness (QED) is 0.777. The number of carbonyl (C=O) groups excluding carboxylic acids is 3. The first-order valence-electron chi connectivity index (χ1n) is 7.83. The Hall–Kier alpha value is -1.96. The molecule has 0 radical (unpaired) electrons. The molecule has 7 nitrogen and oxygen atoms in total. The van der Waals surface area contributed by atoms with Gasteiger partial charge in [0.15, 0.2) is 0 Å². The van der Waals surface area contributed by atoms with Gasteiger partial charge in [-0.3, -0.25) is 24.2 Å². The molecule has 2 fully saturated rings. The van der Waals surface area contributed by atoms with Crippen molar-refractivity contribution in [1.82, 2.24) is 9.80 Å². The van der Waals surface area contributed by atoms with E-state index in [1.807, 2.05) is 9.80 Å². The molecule has 2 N–H and O–H groups in total. The molecule has 24 heavy (non-hydrogen) atoms. The zero-order valence-corrected chi connectivity index (χ0v) is 13.9. The molecule has 1 aromatic rings. The van der Waals surface area contributed by atoms with Gasteiger partial charge < -0.3 is 5.73 Å². The number of carbonyl (C=O) groups is 3. The molecule has 128 valence electrons. The van der Waals surface area contributed by atoms with E-state index in [1.165, 1.54) is 4.90 Å². The molecule has 2 aliphatic rings. The van der Waals surface area contributed by atoms with Crippen LogP contribution in [0.2, 0.25) is 5.02 Å². The molecule has 0 saturated carbocycles. The van der Waals surface area contributed by atoms with Crippen molar-refractivity contribution in [2.75, 3.05) is 37.6 Å². The molecule has 1 aromatic carbocycles. The van der Waals surface area contributed by atoms with Gasteiger partial charge in [-0.1, -0.05) is 17.7 Å². The Morgan fingerprint density at radius 1 is 1.21 bits per heavy atom. The summed E-state index contributed by atoms with van der Waals surface area (Å²) in [6.07, 6.45) is 0.168. The van der Waals surface area contributed by atoms with E-state index in [2.05, 4.69) is 0 Å². The summed E-state index contributed by atoms with van der Waals surface area (Å²) in [5.41, 5.74) is 5.71.